The number of nitrogens with two attached hydrogens (primary N) is 1. The smallest absolute Gasteiger partial charge is 0.123 e. The number of para-hydroxylation sites is 1. The summed E-state index contributed by atoms with van der Waals surface area (Å²) in [7, 11) is 1.69. The summed E-state index contributed by atoms with van der Waals surface area (Å²) in [5, 5.41) is 0. The van der Waals surface area contributed by atoms with E-state index < -0.39 is 0 Å². The average molecular weight is 263 g/mol. The molecule has 1 aliphatic rings. The number of ether oxygens (including phenoxy) is 2. The van der Waals surface area contributed by atoms with Crippen LogP contribution in [0, 0.1) is 5.92 Å². The van der Waals surface area contributed by atoms with E-state index in [1.165, 1.54) is 0 Å². The minimum absolute atomic E-state index is 0.0760. The highest BCUT2D eigenvalue weighted by Gasteiger charge is 2.48. The summed E-state index contributed by atoms with van der Waals surface area (Å²) in [6.07, 6.45) is 0.958. The molecule has 0 bridgehead atoms. The highest BCUT2D eigenvalue weighted by Crippen LogP contribution is 2.47. The zero-order valence-corrected chi connectivity index (χ0v) is 12.6. The topological polar surface area (TPSA) is 44.5 Å². The normalized spacial score (nSPS) is 26.1. The van der Waals surface area contributed by atoms with Gasteiger partial charge in [0.05, 0.1) is 18.3 Å². The summed E-state index contributed by atoms with van der Waals surface area (Å²) in [6.45, 7) is 8.51. The van der Waals surface area contributed by atoms with E-state index >= 15 is 0 Å². The van der Waals surface area contributed by atoms with Crippen molar-refractivity contribution in [1.29, 1.82) is 0 Å². The van der Waals surface area contributed by atoms with Crippen LogP contribution in [-0.2, 0) is 4.74 Å². The van der Waals surface area contributed by atoms with E-state index in [9.17, 15) is 0 Å². The Kier molecular flexibility index (Phi) is 3.63. The lowest BCUT2D eigenvalue weighted by Crippen LogP contribution is -2.36. The van der Waals surface area contributed by atoms with Gasteiger partial charge in [0.15, 0.2) is 0 Å². The predicted molar refractivity (Wildman–Crippen MR) is 77.3 cm³/mol. The number of benzene rings is 1. The Morgan fingerprint density at radius 3 is 2.42 bits per heavy atom. The van der Waals surface area contributed by atoms with Gasteiger partial charge < -0.3 is 15.2 Å². The first-order chi connectivity index (χ1) is 8.77. The molecule has 106 valence electrons. The van der Waals surface area contributed by atoms with Gasteiger partial charge in [-0.3, -0.25) is 0 Å². The van der Waals surface area contributed by atoms with Crippen LogP contribution in [-0.4, -0.2) is 18.3 Å². The first-order valence-corrected chi connectivity index (χ1v) is 6.85. The lowest BCUT2D eigenvalue weighted by atomic mass is 9.79. The second-order valence-electron chi connectivity index (χ2n) is 6.54. The first kappa shape index (κ1) is 14.4. The van der Waals surface area contributed by atoms with Crippen molar-refractivity contribution in [2.24, 2.45) is 11.7 Å². The Morgan fingerprint density at radius 2 is 1.89 bits per heavy atom. The van der Waals surface area contributed by atoms with Crippen molar-refractivity contribution in [2.75, 3.05) is 7.11 Å². The maximum atomic E-state index is 6.51. The molecule has 0 spiro atoms. The molecule has 1 aromatic rings. The number of hydrogen-bond acceptors (Lipinski definition) is 3. The Bertz CT molecular complexity index is 454. The van der Waals surface area contributed by atoms with E-state index in [1.54, 1.807) is 7.11 Å². The van der Waals surface area contributed by atoms with E-state index in [1.807, 2.05) is 24.3 Å². The molecule has 1 aromatic carbocycles. The largest absolute Gasteiger partial charge is 0.496 e. The summed E-state index contributed by atoms with van der Waals surface area (Å²) in [6, 6.07) is 7.91. The number of hydrogen-bond donors (Lipinski definition) is 1. The number of rotatable bonds is 3. The monoisotopic (exact) mass is 263 g/mol. The molecule has 0 radical (unpaired) electrons. The fourth-order valence-corrected chi connectivity index (χ4v) is 3.32. The predicted octanol–water partition coefficient (Wildman–Crippen LogP) is 3.29. The van der Waals surface area contributed by atoms with Gasteiger partial charge in [0.2, 0.25) is 0 Å². The van der Waals surface area contributed by atoms with Crippen LogP contribution in [0.1, 0.15) is 45.7 Å². The van der Waals surface area contributed by atoms with Gasteiger partial charge in [-0.15, -0.1) is 0 Å². The van der Waals surface area contributed by atoms with Crippen LogP contribution in [0.4, 0.5) is 0 Å². The molecule has 0 saturated carbocycles. The molecule has 1 saturated heterocycles. The Morgan fingerprint density at radius 1 is 1.26 bits per heavy atom. The fourth-order valence-electron chi connectivity index (χ4n) is 3.32. The van der Waals surface area contributed by atoms with Gasteiger partial charge in [-0.25, -0.2) is 0 Å². The van der Waals surface area contributed by atoms with Crippen LogP contribution in [0.2, 0.25) is 0 Å². The van der Waals surface area contributed by atoms with Gasteiger partial charge in [0, 0.05) is 17.5 Å². The van der Waals surface area contributed by atoms with Gasteiger partial charge in [-0.1, -0.05) is 18.2 Å². The molecule has 2 unspecified atom stereocenters. The SMILES string of the molecule is COc1ccccc1C(N)C1CC(C)(C)OC1(C)C. The second kappa shape index (κ2) is 4.80. The number of methoxy groups -OCH3 is 1. The lowest BCUT2D eigenvalue weighted by molar-refractivity contribution is -0.0767. The maximum Gasteiger partial charge on any atom is 0.123 e. The summed E-state index contributed by atoms with van der Waals surface area (Å²) >= 11 is 0. The molecule has 2 rings (SSSR count). The molecule has 0 aromatic heterocycles. The second-order valence-corrected chi connectivity index (χ2v) is 6.54. The van der Waals surface area contributed by atoms with Gasteiger partial charge in [0.25, 0.3) is 0 Å². The molecule has 3 heteroatoms. The van der Waals surface area contributed by atoms with Crippen molar-refractivity contribution in [3.8, 4) is 5.75 Å². The molecule has 0 aliphatic carbocycles. The van der Waals surface area contributed by atoms with E-state index in [4.69, 9.17) is 15.2 Å². The molecular formula is C16H25NO2. The molecule has 0 amide bonds. The zero-order valence-electron chi connectivity index (χ0n) is 12.6. The van der Waals surface area contributed by atoms with Gasteiger partial charge in [0.1, 0.15) is 5.75 Å². The van der Waals surface area contributed by atoms with Crippen LogP contribution in [0.3, 0.4) is 0 Å². The van der Waals surface area contributed by atoms with E-state index in [2.05, 4.69) is 27.7 Å². The minimum atomic E-state index is -0.218. The molecule has 1 aliphatic heterocycles. The van der Waals surface area contributed by atoms with Crippen molar-refractivity contribution < 1.29 is 9.47 Å². The van der Waals surface area contributed by atoms with E-state index in [0.717, 1.165) is 17.7 Å². The van der Waals surface area contributed by atoms with Crippen LogP contribution in [0.25, 0.3) is 0 Å². The van der Waals surface area contributed by atoms with Crippen molar-refractivity contribution in [3.63, 3.8) is 0 Å². The van der Waals surface area contributed by atoms with E-state index in [0.29, 0.717) is 0 Å². The molecule has 2 N–H and O–H groups in total. The van der Waals surface area contributed by atoms with Crippen molar-refractivity contribution in [1.82, 2.24) is 0 Å². The third-order valence-corrected chi connectivity index (χ3v) is 4.08. The first-order valence-electron chi connectivity index (χ1n) is 6.85. The molecule has 1 fully saturated rings. The third-order valence-electron chi connectivity index (χ3n) is 4.08. The van der Waals surface area contributed by atoms with Gasteiger partial charge in [-0.2, -0.15) is 0 Å². The van der Waals surface area contributed by atoms with Crippen LogP contribution in [0.15, 0.2) is 24.3 Å². The van der Waals surface area contributed by atoms with Crippen LogP contribution >= 0.6 is 0 Å². The Balaban J connectivity index is 2.31. The summed E-state index contributed by atoms with van der Waals surface area (Å²) in [5.74, 6) is 1.13. The quantitative estimate of drug-likeness (QED) is 0.910. The molecule has 2 atom stereocenters. The van der Waals surface area contributed by atoms with Gasteiger partial charge >= 0.3 is 0 Å². The molecule has 19 heavy (non-hydrogen) atoms. The summed E-state index contributed by atoms with van der Waals surface area (Å²) < 4.78 is 11.6. The average Bonchev–Trinajstić information content (AvgIpc) is 2.56. The molecular weight excluding hydrogens is 238 g/mol. The zero-order chi connectivity index (χ0) is 14.3. The third kappa shape index (κ3) is 2.77. The van der Waals surface area contributed by atoms with Crippen LogP contribution < -0.4 is 10.5 Å². The van der Waals surface area contributed by atoms with Crippen molar-refractivity contribution in [3.05, 3.63) is 29.8 Å². The highest BCUT2D eigenvalue weighted by molar-refractivity contribution is 5.36. The van der Waals surface area contributed by atoms with E-state index in [-0.39, 0.29) is 23.2 Å². The fraction of sp³-hybridized carbons (Fsp3) is 0.625. The van der Waals surface area contributed by atoms with Crippen LogP contribution in [0.5, 0.6) is 5.75 Å². The summed E-state index contributed by atoms with van der Waals surface area (Å²) in [5.41, 5.74) is 7.24. The standard InChI is InChI=1S/C16H25NO2/c1-15(2)10-12(16(3,4)19-15)14(17)11-8-6-7-9-13(11)18-5/h6-9,12,14H,10,17H2,1-5H3. The van der Waals surface area contributed by atoms with Crippen molar-refractivity contribution in [2.45, 2.75) is 51.4 Å². The summed E-state index contributed by atoms with van der Waals surface area (Å²) in [4.78, 5) is 0. The van der Waals surface area contributed by atoms with Gasteiger partial charge in [-0.05, 0) is 40.2 Å². The Hall–Kier alpha value is -1.06. The maximum absolute atomic E-state index is 6.51. The lowest BCUT2D eigenvalue weighted by Gasteiger charge is -2.31. The minimum Gasteiger partial charge on any atom is -0.496 e. The highest BCUT2D eigenvalue weighted by atomic mass is 16.5. The molecule has 1 heterocycles. The Labute approximate surface area is 116 Å². The molecule has 3 nitrogen and oxygen atoms in total. The van der Waals surface area contributed by atoms with Crippen molar-refractivity contribution >= 4 is 0 Å².